The number of ether oxygens (including phenoxy) is 1. The molecule has 0 spiro atoms. The van der Waals surface area contributed by atoms with E-state index in [1.165, 1.54) is 0 Å². The van der Waals surface area contributed by atoms with Gasteiger partial charge in [0.1, 0.15) is 6.07 Å². The standard InChI is InChI=1S/C7H3NO.C5H14N2O/c8-4-5-2-1-3-6-7(5)9-6;1-5(8)4-7-3-2-6/h1-3H;5,7-8H,2-4,6H2,1H3. The number of benzene rings is 1. The van der Waals surface area contributed by atoms with Crippen LogP contribution in [0, 0.1) is 11.3 Å². The van der Waals surface area contributed by atoms with E-state index < -0.39 is 0 Å². The molecule has 0 amide bonds. The Balaban J connectivity index is 0.000000172. The maximum Gasteiger partial charge on any atom is 0.187 e. The van der Waals surface area contributed by atoms with Gasteiger partial charge in [-0.2, -0.15) is 5.26 Å². The van der Waals surface area contributed by atoms with Crippen molar-refractivity contribution in [3.8, 4) is 17.6 Å². The molecule has 1 aliphatic heterocycles. The lowest BCUT2D eigenvalue weighted by Crippen LogP contribution is -2.29. The van der Waals surface area contributed by atoms with Crippen LogP contribution in [0.25, 0.3) is 0 Å². The van der Waals surface area contributed by atoms with E-state index >= 15 is 0 Å². The van der Waals surface area contributed by atoms with E-state index in [1.807, 2.05) is 18.2 Å². The fourth-order valence-electron chi connectivity index (χ4n) is 1.19. The van der Waals surface area contributed by atoms with Gasteiger partial charge in [-0.15, -0.1) is 0 Å². The van der Waals surface area contributed by atoms with E-state index in [1.54, 1.807) is 13.0 Å². The van der Waals surface area contributed by atoms with Crippen LogP contribution in [-0.2, 0) is 0 Å². The second-order valence-corrected chi connectivity index (χ2v) is 3.69. The first-order valence-electron chi connectivity index (χ1n) is 5.49. The van der Waals surface area contributed by atoms with Crippen molar-refractivity contribution in [1.82, 2.24) is 5.32 Å². The molecule has 1 aromatic rings. The zero-order valence-corrected chi connectivity index (χ0v) is 9.81. The monoisotopic (exact) mass is 235 g/mol. The molecule has 5 nitrogen and oxygen atoms in total. The third-order valence-electron chi connectivity index (χ3n) is 2.03. The predicted octanol–water partition coefficient (Wildman–Crippen LogP) is 0.579. The van der Waals surface area contributed by atoms with Crippen LogP contribution in [0.1, 0.15) is 12.5 Å². The minimum Gasteiger partial charge on any atom is -0.448 e. The van der Waals surface area contributed by atoms with Crippen LogP contribution >= 0.6 is 0 Å². The molecule has 1 heterocycles. The highest BCUT2D eigenvalue weighted by Crippen LogP contribution is 2.47. The molecular formula is C12H17N3O2. The number of nitriles is 1. The van der Waals surface area contributed by atoms with Crippen molar-refractivity contribution >= 4 is 0 Å². The summed E-state index contributed by atoms with van der Waals surface area (Å²) >= 11 is 0. The summed E-state index contributed by atoms with van der Waals surface area (Å²) in [5.74, 6) is 1.59. The number of aliphatic hydroxyl groups excluding tert-OH is 1. The summed E-state index contributed by atoms with van der Waals surface area (Å²) in [6.07, 6.45) is -0.262. The molecule has 0 saturated carbocycles. The van der Waals surface area contributed by atoms with Gasteiger partial charge in [0, 0.05) is 19.6 Å². The van der Waals surface area contributed by atoms with E-state index in [2.05, 4.69) is 5.32 Å². The number of para-hydroxylation sites is 1. The molecule has 92 valence electrons. The van der Waals surface area contributed by atoms with Crippen molar-refractivity contribution in [2.45, 2.75) is 13.0 Å². The quantitative estimate of drug-likeness (QED) is 0.532. The number of hydrogen-bond acceptors (Lipinski definition) is 5. The summed E-state index contributed by atoms with van der Waals surface area (Å²) in [5.41, 5.74) is 5.80. The van der Waals surface area contributed by atoms with E-state index in [9.17, 15) is 0 Å². The third-order valence-corrected chi connectivity index (χ3v) is 2.03. The molecule has 0 fully saturated rings. The molecular weight excluding hydrogens is 218 g/mol. The molecule has 1 atom stereocenters. The van der Waals surface area contributed by atoms with Crippen molar-refractivity contribution in [1.29, 1.82) is 5.26 Å². The number of aliphatic hydroxyl groups is 1. The summed E-state index contributed by atoms with van der Waals surface area (Å²) in [4.78, 5) is 0. The maximum absolute atomic E-state index is 8.68. The molecule has 0 aromatic heterocycles. The van der Waals surface area contributed by atoms with Crippen molar-refractivity contribution in [3.05, 3.63) is 23.8 Å². The fraction of sp³-hybridized carbons (Fsp3) is 0.417. The minimum absolute atomic E-state index is 0.262. The van der Waals surface area contributed by atoms with Crippen molar-refractivity contribution in [2.75, 3.05) is 19.6 Å². The summed E-state index contributed by atoms with van der Waals surface area (Å²) in [6.45, 7) is 3.79. The predicted molar refractivity (Wildman–Crippen MR) is 64.8 cm³/mol. The molecule has 1 unspecified atom stereocenters. The van der Waals surface area contributed by atoms with Crippen LogP contribution in [0.15, 0.2) is 18.2 Å². The molecule has 5 heteroatoms. The molecule has 0 bridgehead atoms. The summed E-state index contributed by atoms with van der Waals surface area (Å²) in [7, 11) is 0. The summed E-state index contributed by atoms with van der Waals surface area (Å²) in [6, 6.07) is 7.42. The van der Waals surface area contributed by atoms with Crippen LogP contribution < -0.4 is 15.8 Å². The number of rotatable bonds is 4. The zero-order valence-electron chi connectivity index (χ0n) is 9.81. The van der Waals surface area contributed by atoms with Gasteiger partial charge in [0.05, 0.1) is 11.7 Å². The smallest absolute Gasteiger partial charge is 0.187 e. The van der Waals surface area contributed by atoms with Gasteiger partial charge in [0.2, 0.25) is 0 Å². The SMILES string of the molecule is CC(O)CNCCN.N#Cc1cccc2c1O2. The van der Waals surface area contributed by atoms with Gasteiger partial charge in [0.25, 0.3) is 0 Å². The summed E-state index contributed by atoms with van der Waals surface area (Å²) < 4.78 is 4.94. The van der Waals surface area contributed by atoms with Crippen molar-refractivity contribution < 1.29 is 9.84 Å². The highest BCUT2D eigenvalue weighted by atomic mass is 16.6. The van der Waals surface area contributed by atoms with Crippen LogP contribution in [0.5, 0.6) is 11.5 Å². The van der Waals surface area contributed by atoms with Crippen LogP contribution in [0.2, 0.25) is 0 Å². The lowest BCUT2D eigenvalue weighted by molar-refractivity contribution is 0.192. The Hall–Kier alpha value is -1.61. The topological polar surface area (TPSA) is 94.6 Å². The Labute approximate surface area is 101 Å². The maximum atomic E-state index is 8.68. The molecule has 1 aliphatic rings. The fourth-order valence-corrected chi connectivity index (χ4v) is 1.19. The van der Waals surface area contributed by atoms with Gasteiger partial charge in [-0.25, -0.2) is 0 Å². The molecule has 0 radical (unpaired) electrons. The number of fused-ring (bicyclic) bond motifs is 1. The lowest BCUT2D eigenvalue weighted by Gasteiger charge is -2.03. The normalized spacial score (nSPS) is 12.4. The first-order chi connectivity index (χ1) is 8.19. The van der Waals surface area contributed by atoms with Crippen LogP contribution in [-0.4, -0.2) is 30.8 Å². The Kier molecular flexibility index (Phi) is 5.43. The summed E-state index contributed by atoms with van der Waals surface area (Å²) in [5, 5.41) is 20.1. The second-order valence-electron chi connectivity index (χ2n) is 3.69. The number of nitrogens with one attached hydrogen (secondary N) is 1. The third kappa shape index (κ3) is 4.83. The Bertz CT molecular complexity index is 399. The van der Waals surface area contributed by atoms with E-state index in [0.29, 0.717) is 18.7 Å². The van der Waals surface area contributed by atoms with E-state index in [4.69, 9.17) is 20.8 Å². The van der Waals surface area contributed by atoms with Gasteiger partial charge >= 0.3 is 0 Å². The molecule has 4 N–H and O–H groups in total. The average molecular weight is 235 g/mol. The average Bonchev–Trinajstić information content (AvgIpc) is 3.08. The van der Waals surface area contributed by atoms with Gasteiger partial charge in [-0.3, -0.25) is 0 Å². The van der Waals surface area contributed by atoms with Crippen molar-refractivity contribution in [3.63, 3.8) is 0 Å². The zero-order chi connectivity index (χ0) is 12.7. The van der Waals surface area contributed by atoms with Gasteiger partial charge in [0.15, 0.2) is 11.5 Å². The molecule has 2 rings (SSSR count). The largest absolute Gasteiger partial charge is 0.448 e. The Morgan fingerprint density at radius 3 is 2.88 bits per heavy atom. The number of nitrogens with two attached hydrogens (primary N) is 1. The molecule has 17 heavy (non-hydrogen) atoms. The Morgan fingerprint density at radius 2 is 2.35 bits per heavy atom. The van der Waals surface area contributed by atoms with Gasteiger partial charge < -0.3 is 20.9 Å². The highest BCUT2D eigenvalue weighted by molar-refractivity contribution is 5.63. The van der Waals surface area contributed by atoms with E-state index in [-0.39, 0.29) is 6.10 Å². The minimum atomic E-state index is -0.262. The Morgan fingerprint density at radius 1 is 1.59 bits per heavy atom. The number of hydrogen-bond donors (Lipinski definition) is 3. The molecule has 1 aromatic carbocycles. The van der Waals surface area contributed by atoms with Gasteiger partial charge in [-0.1, -0.05) is 6.07 Å². The number of nitrogens with zero attached hydrogens (tertiary/aromatic N) is 1. The highest BCUT2D eigenvalue weighted by Gasteiger charge is 2.22. The first-order valence-corrected chi connectivity index (χ1v) is 5.49. The van der Waals surface area contributed by atoms with Gasteiger partial charge in [-0.05, 0) is 19.1 Å². The lowest BCUT2D eigenvalue weighted by atomic mass is 10.2. The molecule has 0 aliphatic carbocycles. The van der Waals surface area contributed by atoms with Crippen molar-refractivity contribution in [2.24, 2.45) is 5.73 Å². The van der Waals surface area contributed by atoms with Crippen LogP contribution in [0.4, 0.5) is 0 Å². The molecule has 0 saturated heterocycles. The first kappa shape index (κ1) is 13.5. The second kappa shape index (κ2) is 6.86. The van der Waals surface area contributed by atoms with E-state index in [0.717, 1.165) is 18.0 Å². The van der Waals surface area contributed by atoms with Crippen LogP contribution in [0.3, 0.4) is 0 Å².